The van der Waals surface area contributed by atoms with Crippen LogP contribution in [0.4, 0.5) is 0 Å². The third-order valence-electron chi connectivity index (χ3n) is 2.45. The number of aliphatic hydroxyl groups is 1. The summed E-state index contributed by atoms with van der Waals surface area (Å²) in [5.74, 6) is 0. The van der Waals surface area contributed by atoms with Crippen LogP contribution in [0, 0.1) is 0 Å². The van der Waals surface area contributed by atoms with Gasteiger partial charge in [-0.15, -0.1) is 0 Å². The van der Waals surface area contributed by atoms with Crippen LogP contribution >= 0.6 is 0 Å². The number of hydrogen-bond acceptors (Lipinski definition) is 4. The number of rotatable bonds is 8. The van der Waals surface area contributed by atoms with Crippen molar-refractivity contribution in [2.24, 2.45) is 5.73 Å². The number of likely N-dealkylation sites (N-methyl/N-ethyl adjacent to an activating group) is 1. The zero-order valence-electron chi connectivity index (χ0n) is 9.57. The molecule has 0 heterocycles. The third-order valence-corrected chi connectivity index (χ3v) is 2.45. The number of ether oxygens (including phenoxy) is 1. The molecule has 4 heteroatoms. The molecular weight excluding hydrogens is 180 g/mol. The van der Waals surface area contributed by atoms with Crippen molar-refractivity contribution in [3.05, 3.63) is 0 Å². The molecule has 0 bridgehead atoms. The molecule has 0 aromatic carbocycles. The molecule has 0 aromatic heterocycles. The summed E-state index contributed by atoms with van der Waals surface area (Å²) >= 11 is 0. The Morgan fingerprint density at radius 3 is 2.57 bits per heavy atom. The van der Waals surface area contributed by atoms with Crippen LogP contribution in [0.3, 0.4) is 0 Å². The molecule has 3 N–H and O–H groups in total. The van der Waals surface area contributed by atoms with Crippen molar-refractivity contribution in [1.82, 2.24) is 4.90 Å². The fourth-order valence-electron chi connectivity index (χ4n) is 1.66. The van der Waals surface area contributed by atoms with Gasteiger partial charge in [-0.05, 0) is 26.4 Å². The average molecular weight is 204 g/mol. The summed E-state index contributed by atoms with van der Waals surface area (Å²) in [5, 5.41) is 9.53. The van der Waals surface area contributed by atoms with Crippen molar-refractivity contribution in [3.8, 4) is 0 Å². The fourth-order valence-corrected chi connectivity index (χ4v) is 1.66. The molecule has 0 fully saturated rings. The summed E-state index contributed by atoms with van der Waals surface area (Å²) < 4.78 is 4.88. The lowest BCUT2D eigenvalue weighted by Gasteiger charge is -2.28. The van der Waals surface area contributed by atoms with Crippen LogP contribution in [0.15, 0.2) is 0 Å². The highest BCUT2D eigenvalue weighted by Gasteiger charge is 2.15. The number of methoxy groups -OCH3 is 1. The summed E-state index contributed by atoms with van der Waals surface area (Å²) in [6, 6.07) is 0.464. The van der Waals surface area contributed by atoms with E-state index in [1.807, 2.05) is 7.05 Å². The number of nitrogens with two attached hydrogens (primary N) is 1. The second kappa shape index (κ2) is 8.17. The summed E-state index contributed by atoms with van der Waals surface area (Å²) in [6.45, 7) is 3.87. The van der Waals surface area contributed by atoms with Crippen molar-refractivity contribution < 1.29 is 9.84 Å². The van der Waals surface area contributed by atoms with Crippen LogP contribution in [-0.2, 0) is 4.74 Å². The summed E-state index contributed by atoms with van der Waals surface area (Å²) in [7, 11) is 3.61. The lowest BCUT2D eigenvalue weighted by atomic mass is 10.1. The van der Waals surface area contributed by atoms with Crippen LogP contribution in [0.5, 0.6) is 0 Å². The highest BCUT2D eigenvalue weighted by molar-refractivity contribution is 4.70. The van der Waals surface area contributed by atoms with Crippen LogP contribution < -0.4 is 5.73 Å². The minimum absolute atomic E-state index is 0.392. The van der Waals surface area contributed by atoms with E-state index in [4.69, 9.17) is 10.5 Å². The van der Waals surface area contributed by atoms with Gasteiger partial charge in [-0.2, -0.15) is 0 Å². The average Bonchev–Trinajstić information content (AvgIpc) is 2.14. The predicted molar refractivity (Wildman–Crippen MR) is 58.3 cm³/mol. The molecule has 0 aromatic rings. The Morgan fingerprint density at radius 1 is 1.50 bits per heavy atom. The molecule has 0 saturated carbocycles. The number of hydrogen-bond donors (Lipinski definition) is 2. The second-order valence-electron chi connectivity index (χ2n) is 3.69. The normalized spacial score (nSPS) is 15.9. The molecule has 0 aliphatic carbocycles. The molecule has 0 radical (unpaired) electrons. The van der Waals surface area contributed by atoms with Gasteiger partial charge in [-0.25, -0.2) is 0 Å². The maximum Gasteiger partial charge on any atom is 0.0900 e. The Labute approximate surface area is 87.0 Å². The monoisotopic (exact) mass is 204 g/mol. The zero-order valence-corrected chi connectivity index (χ0v) is 9.57. The van der Waals surface area contributed by atoms with Crippen molar-refractivity contribution >= 4 is 0 Å². The fraction of sp³-hybridized carbons (Fsp3) is 1.00. The van der Waals surface area contributed by atoms with Gasteiger partial charge in [-0.3, -0.25) is 0 Å². The minimum Gasteiger partial charge on any atom is -0.389 e. The summed E-state index contributed by atoms with van der Waals surface area (Å²) in [6.07, 6.45) is 1.64. The smallest absolute Gasteiger partial charge is 0.0900 e. The summed E-state index contributed by atoms with van der Waals surface area (Å²) in [5.41, 5.74) is 5.52. The molecule has 0 aliphatic rings. The van der Waals surface area contributed by atoms with Crippen LogP contribution in [-0.4, -0.2) is 56.0 Å². The Bertz CT molecular complexity index is 133. The summed E-state index contributed by atoms with van der Waals surface area (Å²) in [4.78, 5) is 2.15. The van der Waals surface area contributed by atoms with Crippen LogP contribution in [0.25, 0.3) is 0 Å². The Balaban J connectivity index is 3.83. The molecule has 0 rings (SSSR count). The van der Waals surface area contributed by atoms with Crippen molar-refractivity contribution in [2.75, 3.05) is 33.9 Å². The van der Waals surface area contributed by atoms with E-state index in [-0.39, 0.29) is 0 Å². The molecule has 2 unspecified atom stereocenters. The van der Waals surface area contributed by atoms with Gasteiger partial charge in [0.15, 0.2) is 0 Å². The lowest BCUT2D eigenvalue weighted by Crippen LogP contribution is -2.39. The number of nitrogens with zero attached hydrogens (tertiary/aromatic N) is 1. The minimum atomic E-state index is -0.406. The quantitative estimate of drug-likeness (QED) is 0.587. The molecule has 0 saturated heterocycles. The molecule has 0 spiro atoms. The largest absolute Gasteiger partial charge is 0.389 e. The topological polar surface area (TPSA) is 58.7 Å². The maximum absolute atomic E-state index is 9.53. The van der Waals surface area contributed by atoms with E-state index in [0.717, 1.165) is 12.8 Å². The third kappa shape index (κ3) is 5.54. The standard InChI is InChI=1S/C10H24N2O2/c1-4-9(5-6-11)12(2)7-10(13)8-14-3/h9-10,13H,4-8,11H2,1-3H3. The molecule has 86 valence electrons. The highest BCUT2D eigenvalue weighted by Crippen LogP contribution is 2.06. The van der Waals surface area contributed by atoms with E-state index in [1.54, 1.807) is 7.11 Å². The van der Waals surface area contributed by atoms with Gasteiger partial charge in [0.05, 0.1) is 12.7 Å². The first-order valence-electron chi connectivity index (χ1n) is 5.23. The van der Waals surface area contributed by atoms with Crippen molar-refractivity contribution in [1.29, 1.82) is 0 Å². The van der Waals surface area contributed by atoms with Crippen LogP contribution in [0.2, 0.25) is 0 Å². The first-order valence-corrected chi connectivity index (χ1v) is 5.23. The van der Waals surface area contributed by atoms with Crippen molar-refractivity contribution in [2.45, 2.75) is 31.9 Å². The lowest BCUT2D eigenvalue weighted by molar-refractivity contribution is 0.0331. The highest BCUT2D eigenvalue weighted by atomic mass is 16.5. The van der Waals surface area contributed by atoms with E-state index in [0.29, 0.717) is 25.7 Å². The Morgan fingerprint density at radius 2 is 2.14 bits per heavy atom. The Kier molecular flexibility index (Phi) is 8.08. The molecule has 4 nitrogen and oxygen atoms in total. The molecular formula is C10H24N2O2. The maximum atomic E-state index is 9.53. The molecule has 2 atom stereocenters. The van der Waals surface area contributed by atoms with Gasteiger partial charge in [0.1, 0.15) is 0 Å². The van der Waals surface area contributed by atoms with Gasteiger partial charge in [0, 0.05) is 19.7 Å². The SMILES string of the molecule is CCC(CCN)N(C)CC(O)COC. The van der Waals surface area contributed by atoms with Gasteiger partial charge in [0.2, 0.25) is 0 Å². The zero-order chi connectivity index (χ0) is 11.0. The second-order valence-corrected chi connectivity index (χ2v) is 3.69. The van der Waals surface area contributed by atoms with E-state index in [2.05, 4.69) is 11.8 Å². The van der Waals surface area contributed by atoms with E-state index in [1.165, 1.54) is 0 Å². The van der Waals surface area contributed by atoms with Gasteiger partial charge in [0.25, 0.3) is 0 Å². The number of aliphatic hydroxyl groups excluding tert-OH is 1. The first kappa shape index (κ1) is 13.8. The van der Waals surface area contributed by atoms with Gasteiger partial charge in [-0.1, -0.05) is 6.92 Å². The molecule has 0 aliphatic heterocycles. The van der Waals surface area contributed by atoms with E-state index < -0.39 is 6.10 Å². The van der Waals surface area contributed by atoms with E-state index in [9.17, 15) is 5.11 Å². The van der Waals surface area contributed by atoms with Gasteiger partial charge < -0.3 is 20.5 Å². The van der Waals surface area contributed by atoms with Crippen LogP contribution in [0.1, 0.15) is 19.8 Å². The first-order chi connectivity index (χ1) is 6.65. The molecule has 0 amide bonds. The Hall–Kier alpha value is -0.160. The van der Waals surface area contributed by atoms with E-state index >= 15 is 0 Å². The van der Waals surface area contributed by atoms with Gasteiger partial charge >= 0.3 is 0 Å². The molecule has 14 heavy (non-hydrogen) atoms. The van der Waals surface area contributed by atoms with Crippen molar-refractivity contribution in [3.63, 3.8) is 0 Å². The predicted octanol–water partition coefficient (Wildman–Crippen LogP) is 0.0529.